The highest BCUT2D eigenvalue weighted by molar-refractivity contribution is 6.00. The van der Waals surface area contributed by atoms with Gasteiger partial charge in [0.15, 0.2) is 0 Å². The SMILES string of the molecule is NNc1ccncc1C(=O)N1CCCNC(=O)C1. The zero-order valence-electron chi connectivity index (χ0n) is 9.85. The van der Waals surface area contributed by atoms with Crippen molar-refractivity contribution in [2.45, 2.75) is 6.42 Å². The molecule has 1 fully saturated rings. The molecule has 7 nitrogen and oxygen atoms in total. The van der Waals surface area contributed by atoms with Crippen LogP contribution in [-0.4, -0.2) is 41.3 Å². The molecule has 1 aromatic heterocycles. The first-order valence-electron chi connectivity index (χ1n) is 5.69. The van der Waals surface area contributed by atoms with Gasteiger partial charge in [-0.3, -0.25) is 20.4 Å². The number of hydrogen-bond acceptors (Lipinski definition) is 5. The second-order valence-electron chi connectivity index (χ2n) is 4.00. The average Bonchev–Trinajstić information content (AvgIpc) is 2.62. The van der Waals surface area contributed by atoms with Crippen molar-refractivity contribution in [1.82, 2.24) is 15.2 Å². The number of rotatable bonds is 2. The molecule has 0 bridgehead atoms. The smallest absolute Gasteiger partial charge is 0.258 e. The van der Waals surface area contributed by atoms with E-state index in [0.717, 1.165) is 6.42 Å². The number of nitrogens with one attached hydrogen (secondary N) is 2. The largest absolute Gasteiger partial charge is 0.354 e. The van der Waals surface area contributed by atoms with Crippen LogP contribution in [-0.2, 0) is 4.79 Å². The molecule has 1 aliphatic rings. The van der Waals surface area contributed by atoms with Crippen molar-refractivity contribution in [3.63, 3.8) is 0 Å². The first-order valence-corrected chi connectivity index (χ1v) is 5.69. The molecule has 4 N–H and O–H groups in total. The van der Waals surface area contributed by atoms with Crippen LogP contribution in [0.4, 0.5) is 5.69 Å². The number of nitrogen functional groups attached to an aromatic ring is 1. The second-order valence-corrected chi connectivity index (χ2v) is 4.00. The molecule has 0 aliphatic carbocycles. The number of nitrogens with zero attached hydrogens (tertiary/aromatic N) is 2. The minimum atomic E-state index is -0.242. The fourth-order valence-electron chi connectivity index (χ4n) is 1.84. The summed E-state index contributed by atoms with van der Waals surface area (Å²) in [6.07, 6.45) is 3.73. The number of aromatic nitrogens is 1. The second kappa shape index (κ2) is 5.46. The van der Waals surface area contributed by atoms with E-state index in [9.17, 15) is 9.59 Å². The molecule has 0 spiro atoms. The van der Waals surface area contributed by atoms with E-state index in [4.69, 9.17) is 5.84 Å². The van der Waals surface area contributed by atoms with Gasteiger partial charge in [0.2, 0.25) is 5.91 Å². The van der Waals surface area contributed by atoms with Gasteiger partial charge in [-0.2, -0.15) is 0 Å². The molecular weight excluding hydrogens is 234 g/mol. The monoisotopic (exact) mass is 249 g/mol. The first-order chi connectivity index (χ1) is 8.72. The molecule has 1 saturated heterocycles. The summed E-state index contributed by atoms with van der Waals surface area (Å²) in [7, 11) is 0. The highest BCUT2D eigenvalue weighted by Crippen LogP contribution is 2.15. The number of hydrogen-bond donors (Lipinski definition) is 3. The summed E-state index contributed by atoms with van der Waals surface area (Å²) >= 11 is 0. The third-order valence-corrected chi connectivity index (χ3v) is 2.76. The highest BCUT2D eigenvalue weighted by Gasteiger charge is 2.22. The van der Waals surface area contributed by atoms with Gasteiger partial charge >= 0.3 is 0 Å². The number of carbonyl (C=O) groups excluding carboxylic acids is 2. The summed E-state index contributed by atoms with van der Waals surface area (Å²) in [5.74, 6) is 4.96. The van der Waals surface area contributed by atoms with Gasteiger partial charge in [0.25, 0.3) is 5.91 Å². The maximum Gasteiger partial charge on any atom is 0.258 e. The van der Waals surface area contributed by atoms with Gasteiger partial charge in [-0.25, -0.2) is 0 Å². The fraction of sp³-hybridized carbons (Fsp3) is 0.364. The van der Waals surface area contributed by atoms with Crippen molar-refractivity contribution in [3.8, 4) is 0 Å². The third-order valence-electron chi connectivity index (χ3n) is 2.76. The first kappa shape index (κ1) is 12.3. The van der Waals surface area contributed by atoms with Crippen LogP contribution in [0.2, 0.25) is 0 Å². The van der Waals surface area contributed by atoms with E-state index in [1.165, 1.54) is 11.1 Å². The van der Waals surface area contributed by atoms with Crippen molar-refractivity contribution in [2.24, 2.45) is 5.84 Å². The lowest BCUT2D eigenvalue weighted by molar-refractivity contribution is -0.121. The molecule has 2 amide bonds. The summed E-state index contributed by atoms with van der Waals surface area (Å²) in [5, 5.41) is 2.72. The van der Waals surface area contributed by atoms with E-state index < -0.39 is 0 Å². The molecule has 1 aliphatic heterocycles. The van der Waals surface area contributed by atoms with Crippen LogP contribution in [0.5, 0.6) is 0 Å². The number of pyridine rings is 1. The summed E-state index contributed by atoms with van der Waals surface area (Å²) in [4.78, 5) is 29.1. The third kappa shape index (κ3) is 2.57. The van der Waals surface area contributed by atoms with Crippen LogP contribution < -0.4 is 16.6 Å². The standard InChI is InChI=1S/C11H15N5O2/c12-15-9-2-4-13-6-8(9)11(18)16-5-1-3-14-10(17)7-16/h2,4,6H,1,3,5,7,12H2,(H,13,15)(H,14,17). The van der Waals surface area contributed by atoms with Crippen LogP contribution in [0.3, 0.4) is 0 Å². The van der Waals surface area contributed by atoms with E-state index in [1.807, 2.05) is 0 Å². The lowest BCUT2D eigenvalue weighted by Crippen LogP contribution is -2.37. The maximum absolute atomic E-state index is 12.3. The number of amides is 2. The van der Waals surface area contributed by atoms with E-state index in [-0.39, 0.29) is 18.4 Å². The summed E-state index contributed by atoms with van der Waals surface area (Å²) < 4.78 is 0. The van der Waals surface area contributed by atoms with Gasteiger partial charge in [-0.05, 0) is 12.5 Å². The van der Waals surface area contributed by atoms with Crippen LogP contribution in [0.1, 0.15) is 16.8 Å². The Hall–Kier alpha value is -2.15. The van der Waals surface area contributed by atoms with Crippen molar-refractivity contribution in [2.75, 3.05) is 25.1 Å². The molecule has 1 aromatic rings. The Morgan fingerprint density at radius 1 is 1.56 bits per heavy atom. The zero-order valence-corrected chi connectivity index (χ0v) is 9.85. The molecular formula is C11H15N5O2. The molecule has 96 valence electrons. The van der Waals surface area contributed by atoms with E-state index in [0.29, 0.717) is 24.3 Å². The Morgan fingerprint density at radius 3 is 3.17 bits per heavy atom. The summed E-state index contributed by atoms with van der Waals surface area (Å²) in [6, 6.07) is 1.62. The summed E-state index contributed by atoms with van der Waals surface area (Å²) in [6.45, 7) is 1.20. The Kier molecular flexibility index (Phi) is 3.73. The van der Waals surface area contributed by atoms with E-state index in [1.54, 1.807) is 12.3 Å². The van der Waals surface area contributed by atoms with Crippen molar-refractivity contribution in [3.05, 3.63) is 24.0 Å². The molecule has 7 heteroatoms. The van der Waals surface area contributed by atoms with Gasteiger partial charge in [0.05, 0.1) is 17.8 Å². The molecule has 2 heterocycles. The predicted molar refractivity (Wildman–Crippen MR) is 65.6 cm³/mol. The normalized spacial score (nSPS) is 15.8. The van der Waals surface area contributed by atoms with Gasteiger partial charge in [0.1, 0.15) is 0 Å². The molecule has 0 unspecified atom stereocenters. The Bertz CT molecular complexity index is 463. The number of nitrogens with two attached hydrogens (primary N) is 1. The number of carbonyl (C=O) groups is 2. The van der Waals surface area contributed by atoms with Crippen LogP contribution in [0.25, 0.3) is 0 Å². The van der Waals surface area contributed by atoms with Crippen molar-refractivity contribution in [1.29, 1.82) is 0 Å². The molecule has 0 aromatic carbocycles. The summed E-state index contributed by atoms with van der Waals surface area (Å²) in [5.41, 5.74) is 3.32. The molecule has 0 radical (unpaired) electrons. The fourth-order valence-corrected chi connectivity index (χ4v) is 1.84. The molecule has 0 saturated carbocycles. The van der Waals surface area contributed by atoms with E-state index in [2.05, 4.69) is 15.7 Å². The van der Waals surface area contributed by atoms with Gasteiger partial charge in [0, 0.05) is 25.5 Å². The Balaban J connectivity index is 2.21. The highest BCUT2D eigenvalue weighted by atomic mass is 16.2. The Labute approximate surface area is 104 Å². The topological polar surface area (TPSA) is 100 Å². The zero-order chi connectivity index (χ0) is 13.0. The van der Waals surface area contributed by atoms with Crippen LogP contribution in [0.15, 0.2) is 18.5 Å². The maximum atomic E-state index is 12.3. The van der Waals surface area contributed by atoms with Crippen LogP contribution in [0, 0.1) is 0 Å². The quantitative estimate of drug-likeness (QED) is 0.477. The van der Waals surface area contributed by atoms with Crippen LogP contribution >= 0.6 is 0 Å². The minimum Gasteiger partial charge on any atom is -0.354 e. The van der Waals surface area contributed by atoms with E-state index >= 15 is 0 Å². The van der Waals surface area contributed by atoms with Gasteiger partial charge < -0.3 is 15.6 Å². The lowest BCUT2D eigenvalue weighted by Gasteiger charge is -2.20. The molecule has 0 atom stereocenters. The molecule has 2 rings (SSSR count). The van der Waals surface area contributed by atoms with Gasteiger partial charge in [-0.1, -0.05) is 0 Å². The minimum absolute atomic E-state index is 0.0672. The number of hydrazine groups is 1. The van der Waals surface area contributed by atoms with Gasteiger partial charge in [-0.15, -0.1) is 0 Å². The number of anilines is 1. The van der Waals surface area contributed by atoms with Crippen molar-refractivity contribution >= 4 is 17.5 Å². The average molecular weight is 249 g/mol. The predicted octanol–water partition coefficient (Wildman–Crippen LogP) is -0.671. The van der Waals surface area contributed by atoms with Crippen molar-refractivity contribution < 1.29 is 9.59 Å². The Morgan fingerprint density at radius 2 is 2.39 bits per heavy atom. The molecule has 18 heavy (non-hydrogen) atoms. The lowest BCUT2D eigenvalue weighted by atomic mass is 10.2.